The Hall–Kier alpha value is -2.60. The number of anilines is 2. The molecule has 3 rings (SSSR count). The molecule has 6 heteroatoms. The first-order valence-electron chi connectivity index (χ1n) is 9.98. The van der Waals surface area contributed by atoms with Gasteiger partial charge in [-0.2, -0.15) is 0 Å². The lowest BCUT2D eigenvalue weighted by Crippen LogP contribution is -2.48. The van der Waals surface area contributed by atoms with Crippen molar-refractivity contribution in [2.75, 3.05) is 63.6 Å². The molecule has 1 aliphatic rings. The Labute approximate surface area is 168 Å². The lowest BCUT2D eigenvalue weighted by Gasteiger charge is -2.36. The van der Waals surface area contributed by atoms with Crippen molar-refractivity contribution in [2.24, 2.45) is 0 Å². The fourth-order valence-corrected chi connectivity index (χ4v) is 3.41. The minimum Gasteiger partial charge on any atom is -0.370 e. The van der Waals surface area contributed by atoms with Gasteiger partial charge in [-0.25, -0.2) is 4.98 Å². The van der Waals surface area contributed by atoms with Gasteiger partial charge < -0.3 is 20.0 Å². The zero-order valence-corrected chi connectivity index (χ0v) is 17.2. The quantitative estimate of drug-likeness (QED) is 0.748. The number of nitrogens with zero attached hydrogens (tertiary/aromatic N) is 4. The minimum absolute atomic E-state index is 0.0653. The molecule has 0 unspecified atom stereocenters. The van der Waals surface area contributed by atoms with E-state index in [9.17, 15) is 4.79 Å². The number of amides is 1. The van der Waals surface area contributed by atoms with Crippen LogP contribution in [-0.2, 0) is 0 Å². The molecule has 1 fully saturated rings. The summed E-state index contributed by atoms with van der Waals surface area (Å²) < 4.78 is 0. The van der Waals surface area contributed by atoms with E-state index in [0.29, 0.717) is 5.56 Å². The van der Waals surface area contributed by atoms with E-state index in [-0.39, 0.29) is 5.91 Å². The first kappa shape index (κ1) is 20.1. The number of carbonyl (C=O) groups is 1. The van der Waals surface area contributed by atoms with Gasteiger partial charge in [-0.05, 0) is 63.8 Å². The third-order valence-corrected chi connectivity index (χ3v) is 5.03. The molecule has 2 aromatic rings. The smallest absolute Gasteiger partial charge is 0.255 e. The maximum absolute atomic E-state index is 12.8. The van der Waals surface area contributed by atoms with Gasteiger partial charge in [0.15, 0.2) is 0 Å². The van der Waals surface area contributed by atoms with Crippen LogP contribution in [0.5, 0.6) is 0 Å². The monoisotopic (exact) mass is 381 g/mol. The molecule has 0 bridgehead atoms. The second-order valence-electron chi connectivity index (χ2n) is 7.63. The molecule has 1 amide bonds. The lowest BCUT2D eigenvalue weighted by atomic mass is 10.1. The van der Waals surface area contributed by atoms with Crippen molar-refractivity contribution in [2.45, 2.75) is 13.3 Å². The third kappa shape index (κ3) is 5.45. The Morgan fingerprint density at radius 1 is 1.14 bits per heavy atom. The largest absolute Gasteiger partial charge is 0.370 e. The van der Waals surface area contributed by atoms with Crippen LogP contribution in [0, 0.1) is 6.92 Å². The Balaban J connectivity index is 1.49. The van der Waals surface area contributed by atoms with E-state index in [1.807, 2.05) is 17.0 Å². The number of hydrogen-bond acceptors (Lipinski definition) is 5. The van der Waals surface area contributed by atoms with Crippen molar-refractivity contribution in [3.63, 3.8) is 0 Å². The van der Waals surface area contributed by atoms with E-state index < -0.39 is 0 Å². The molecule has 0 atom stereocenters. The zero-order valence-electron chi connectivity index (χ0n) is 17.2. The van der Waals surface area contributed by atoms with Gasteiger partial charge in [0.2, 0.25) is 0 Å². The van der Waals surface area contributed by atoms with Crippen LogP contribution in [0.25, 0.3) is 0 Å². The maximum atomic E-state index is 12.8. The Morgan fingerprint density at radius 2 is 1.93 bits per heavy atom. The normalized spacial score (nSPS) is 14.4. The molecule has 28 heavy (non-hydrogen) atoms. The van der Waals surface area contributed by atoms with Gasteiger partial charge in [0.25, 0.3) is 5.91 Å². The predicted octanol–water partition coefficient (Wildman–Crippen LogP) is 2.72. The molecule has 1 N–H and O–H groups in total. The summed E-state index contributed by atoms with van der Waals surface area (Å²) in [4.78, 5) is 23.6. The van der Waals surface area contributed by atoms with Crippen LogP contribution in [0.2, 0.25) is 0 Å². The molecule has 1 aromatic carbocycles. The number of benzene rings is 1. The Kier molecular flexibility index (Phi) is 6.87. The molecule has 1 aliphatic heterocycles. The van der Waals surface area contributed by atoms with Gasteiger partial charge in [0.1, 0.15) is 5.82 Å². The number of aromatic nitrogens is 1. The number of aryl methyl sites for hydroxylation is 1. The minimum atomic E-state index is 0.0653. The summed E-state index contributed by atoms with van der Waals surface area (Å²) in [5.74, 6) is 0.884. The van der Waals surface area contributed by atoms with Gasteiger partial charge in [-0.15, -0.1) is 0 Å². The number of piperazine rings is 1. The summed E-state index contributed by atoms with van der Waals surface area (Å²) in [5.41, 5.74) is 3.15. The number of nitrogens with one attached hydrogen (secondary N) is 1. The summed E-state index contributed by atoms with van der Waals surface area (Å²) in [6.07, 6.45) is 2.74. The second kappa shape index (κ2) is 9.55. The molecule has 150 valence electrons. The van der Waals surface area contributed by atoms with Gasteiger partial charge in [0, 0.05) is 44.6 Å². The van der Waals surface area contributed by atoms with Crippen molar-refractivity contribution in [3.8, 4) is 0 Å². The third-order valence-electron chi connectivity index (χ3n) is 5.03. The highest BCUT2D eigenvalue weighted by Crippen LogP contribution is 2.19. The molecule has 6 nitrogen and oxygen atoms in total. The summed E-state index contributed by atoms with van der Waals surface area (Å²) in [7, 11) is 4.14. The highest BCUT2D eigenvalue weighted by atomic mass is 16.2. The van der Waals surface area contributed by atoms with Crippen molar-refractivity contribution >= 4 is 17.4 Å². The summed E-state index contributed by atoms with van der Waals surface area (Å²) in [5, 5.41) is 3.30. The zero-order chi connectivity index (χ0) is 19.9. The van der Waals surface area contributed by atoms with Crippen LogP contribution in [0.3, 0.4) is 0 Å². The van der Waals surface area contributed by atoms with Gasteiger partial charge in [-0.3, -0.25) is 4.79 Å². The number of hydrogen-bond donors (Lipinski definition) is 1. The van der Waals surface area contributed by atoms with Gasteiger partial charge in [-0.1, -0.05) is 12.1 Å². The lowest BCUT2D eigenvalue weighted by molar-refractivity contribution is 0.0746. The van der Waals surface area contributed by atoms with E-state index in [2.05, 4.69) is 65.4 Å². The Morgan fingerprint density at radius 3 is 2.57 bits per heavy atom. The van der Waals surface area contributed by atoms with Crippen LogP contribution in [0.4, 0.5) is 11.5 Å². The van der Waals surface area contributed by atoms with Crippen molar-refractivity contribution in [1.82, 2.24) is 14.8 Å². The average molecular weight is 382 g/mol. The first-order chi connectivity index (χ1) is 13.5. The number of carbonyl (C=O) groups excluding carboxylic acids is 1. The van der Waals surface area contributed by atoms with Crippen molar-refractivity contribution in [3.05, 3.63) is 53.7 Å². The highest BCUT2D eigenvalue weighted by molar-refractivity contribution is 5.94. The summed E-state index contributed by atoms with van der Waals surface area (Å²) >= 11 is 0. The van der Waals surface area contributed by atoms with Crippen LogP contribution >= 0.6 is 0 Å². The SMILES string of the molecule is Cc1cccc(N2CCN(C(=O)c3ccc(NCCCN(C)C)nc3)CC2)c1. The van der Waals surface area contributed by atoms with E-state index >= 15 is 0 Å². The predicted molar refractivity (Wildman–Crippen MR) is 115 cm³/mol. The molecule has 0 spiro atoms. The van der Waals surface area contributed by atoms with E-state index in [0.717, 1.165) is 51.5 Å². The van der Waals surface area contributed by atoms with Crippen LogP contribution in [0.1, 0.15) is 22.3 Å². The van der Waals surface area contributed by atoms with Gasteiger partial charge >= 0.3 is 0 Å². The molecule has 0 saturated carbocycles. The number of pyridine rings is 1. The summed E-state index contributed by atoms with van der Waals surface area (Å²) in [6, 6.07) is 12.3. The van der Waals surface area contributed by atoms with E-state index in [1.54, 1.807) is 6.20 Å². The molecule has 1 saturated heterocycles. The van der Waals surface area contributed by atoms with E-state index in [4.69, 9.17) is 0 Å². The fraction of sp³-hybridized carbons (Fsp3) is 0.455. The number of rotatable bonds is 7. The average Bonchev–Trinajstić information content (AvgIpc) is 2.71. The molecule has 2 heterocycles. The van der Waals surface area contributed by atoms with Crippen molar-refractivity contribution in [1.29, 1.82) is 0 Å². The standard InChI is InChI=1S/C22H31N5O/c1-18-6-4-7-20(16-18)26-12-14-27(15-13-26)22(28)19-8-9-21(24-17-19)23-10-5-11-25(2)3/h4,6-9,16-17H,5,10-15H2,1-3H3,(H,23,24). The molecule has 0 radical (unpaired) electrons. The van der Waals surface area contributed by atoms with Crippen LogP contribution < -0.4 is 10.2 Å². The second-order valence-corrected chi connectivity index (χ2v) is 7.63. The summed E-state index contributed by atoms with van der Waals surface area (Å²) in [6.45, 7) is 7.20. The fourth-order valence-electron chi connectivity index (χ4n) is 3.41. The highest BCUT2D eigenvalue weighted by Gasteiger charge is 2.22. The van der Waals surface area contributed by atoms with E-state index in [1.165, 1.54) is 11.3 Å². The van der Waals surface area contributed by atoms with Gasteiger partial charge in [0.05, 0.1) is 5.56 Å². The maximum Gasteiger partial charge on any atom is 0.255 e. The Bertz CT molecular complexity index is 767. The molecular weight excluding hydrogens is 350 g/mol. The molecular formula is C22H31N5O. The molecule has 0 aliphatic carbocycles. The first-order valence-corrected chi connectivity index (χ1v) is 9.98. The van der Waals surface area contributed by atoms with Crippen LogP contribution in [-0.4, -0.2) is 74.1 Å². The van der Waals surface area contributed by atoms with Crippen molar-refractivity contribution < 1.29 is 4.79 Å². The van der Waals surface area contributed by atoms with Crippen LogP contribution in [0.15, 0.2) is 42.6 Å². The molecule has 1 aromatic heterocycles. The topological polar surface area (TPSA) is 51.7 Å².